The van der Waals surface area contributed by atoms with Gasteiger partial charge in [0.15, 0.2) is 0 Å². The van der Waals surface area contributed by atoms with Crippen LogP contribution in [0.1, 0.15) is 6.42 Å². The maximum atomic E-state index is 12.3. The highest BCUT2D eigenvalue weighted by Crippen LogP contribution is 1.94. The van der Waals surface area contributed by atoms with Gasteiger partial charge in [-0.25, -0.2) is 4.39 Å². The highest BCUT2D eigenvalue weighted by molar-refractivity contribution is 4.73. The molecule has 0 saturated heterocycles. The second-order valence-electron chi connectivity index (χ2n) is 1.68. The van der Waals surface area contributed by atoms with Crippen molar-refractivity contribution in [1.29, 1.82) is 0 Å². The van der Waals surface area contributed by atoms with Gasteiger partial charge in [0.2, 0.25) is 0 Å². The van der Waals surface area contributed by atoms with E-state index in [1.54, 1.807) is 13.1 Å². The molecule has 0 amide bonds. The van der Waals surface area contributed by atoms with E-state index in [0.717, 1.165) is 0 Å². The number of hydrogen-bond acceptors (Lipinski definition) is 1. The van der Waals surface area contributed by atoms with Gasteiger partial charge in [-0.15, -0.1) is 6.58 Å². The maximum Gasteiger partial charge on any atom is 0.116 e. The zero-order chi connectivity index (χ0) is 6.41. The van der Waals surface area contributed by atoms with Crippen LogP contribution in [0, 0.1) is 0 Å². The third-order valence-corrected chi connectivity index (χ3v) is 0.848. The molecule has 1 nitrogen and oxygen atoms in total. The van der Waals surface area contributed by atoms with E-state index in [1.807, 2.05) is 0 Å². The van der Waals surface area contributed by atoms with Crippen molar-refractivity contribution < 1.29 is 4.39 Å². The summed E-state index contributed by atoms with van der Waals surface area (Å²) >= 11 is 0. The smallest absolute Gasteiger partial charge is 0.116 e. The van der Waals surface area contributed by atoms with Crippen molar-refractivity contribution in [1.82, 2.24) is 5.32 Å². The fourth-order valence-electron chi connectivity index (χ4n) is 0.486. The molecule has 0 aromatic heterocycles. The molecule has 0 aliphatic carbocycles. The van der Waals surface area contributed by atoms with Gasteiger partial charge in [-0.3, -0.25) is 0 Å². The minimum Gasteiger partial charge on any atom is -0.317 e. The van der Waals surface area contributed by atoms with Gasteiger partial charge in [-0.1, -0.05) is 6.08 Å². The normalized spacial score (nSPS) is 13.2. The average molecular weight is 117 g/mol. The third kappa shape index (κ3) is 3.81. The van der Waals surface area contributed by atoms with Crippen molar-refractivity contribution in [2.75, 3.05) is 13.6 Å². The first-order chi connectivity index (χ1) is 3.81. The predicted molar refractivity (Wildman–Crippen MR) is 33.6 cm³/mol. The Kier molecular flexibility index (Phi) is 4.56. The Morgan fingerprint density at radius 2 is 2.50 bits per heavy atom. The molecule has 0 rings (SSSR count). The zero-order valence-corrected chi connectivity index (χ0v) is 5.15. The largest absolute Gasteiger partial charge is 0.317 e. The molecular formula is C6H12FN. The monoisotopic (exact) mass is 117 g/mol. The topological polar surface area (TPSA) is 12.0 Å². The molecule has 0 aliphatic heterocycles. The summed E-state index contributed by atoms with van der Waals surface area (Å²) in [4.78, 5) is 0. The summed E-state index contributed by atoms with van der Waals surface area (Å²) in [6.45, 7) is 3.84. The number of alkyl halides is 1. The number of hydrogen-bond donors (Lipinski definition) is 1. The molecular weight excluding hydrogens is 105 g/mol. The first kappa shape index (κ1) is 7.63. The molecule has 1 atom stereocenters. The molecule has 0 aromatic rings. The first-order valence-corrected chi connectivity index (χ1v) is 2.70. The summed E-state index contributed by atoms with van der Waals surface area (Å²) in [6.07, 6.45) is 1.26. The molecule has 0 radical (unpaired) electrons. The first-order valence-electron chi connectivity index (χ1n) is 2.70. The van der Waals surface area contributed by atoms with E-state index < -0.39 is 6.17 Å². The lowest BCUT2D eigenvalue weighted by molar-refractivity contribution is 0.329. The van der Waals surface area contributed by atoms with Crippen LogP contribution in [-0.2, 0) is 0 Å². The fraction of sp³-hybridized carbons (Fsp3) is 0.667. The molecule has 0 aromatic carbocycles. The summed E-state index contributed by atoms with van der Waals surface area (Å²) in [5.74, 6) is 0. The van der Waals surface area contributed by atoms with Crippen LogP contribution in [0.25, 0.3) is 0 Å². The van der Waals surface area contributed by atoms with Gasteiger partial charge < -0.3 is 5.32 Å². The van der Waals surface area contributed by atoms with Crippen molar-refractivity contribution in [3.05, 3.63) is 12.7 Å². The van der Waals surface area contributed by atoms with Crippen LogP contribution >= 0.6 is 0 Å². The quantitative estimate of drug-likeness (QED) is 0.544. The van der Waals surface area contributed by atoms with Crippen LogP contribution < -0.4 is 5.32 Å². The maximum absolute atomic E-state index is 12.3. The van der Waals surface area contributed by atoms with E-state index >= 15 is 0 Å². The van der Waals surface area contributed by atoms with Gasteiger partial charge in [-0.05, 0) is 13.5 Å². The Hall–Kier alpha value is -0.370. The molecule has 0 spiro atoms. The molecule has 1 N–H and O–H groups in total. The van der Waals surface area contributed by atoms with Gasteiger partial charge in [0, 0.05) is 6.54 Å². The predicted octanol–water partition coefficient (Wildman–Crippen LogP) is 1.12. The molecule has 0 fully saturated rings. The van der Waals surface area contributed by atoms with Gasteiger partial charge >= 0.3 is 0 Å². The van der Waals surface area contributed by atoms with Crippen LogP contribution in [0.2, 0.25) is 0 Å². The molecule has 8 heavy (non-hydrogen) atoms. The van der Waals surface area contributed by atoms with E-state index in [-0.39, 0.29) is 0 Å². The van der Waals surface area contributed by atoms with Crippen LogP contribution in [0.3, 0.4) is 0 Å². The summed E-state index contributed by atoms with van der Waals surface area (Å²) in [5.41, 5.74) is 0. The van der Waals surface area contributed by atoms with E-state index in [0.29, 0.717) is 13.0 Å². The second-order valence-corrected chi connectivity index (χ2v) is 1.68. The SMILES string of the molecule is C=CCC(F)CNC. The summed E-state index contributed by atoms with van der Waals surface area (Å²) < 4.78 is 12.3. The molecule has 2 heteroatoms. The second kappa shape index (κ2) is 4.78. The zero-order valence-electron chi connectivity index (χ0n) is 5.15. The van der Waals surface area contributed by atoms with Crippen LogP contribution in [0.5, 0.6) is 0 Å². The minimum atomic E-state index is -0.766. The Balaban J connectivity index is 3.03. The number of nitrogens with one attached hydrogen (secondary N) is 1. The Labute approximate surface area is 49.6 Å². The number of allylic oxidation sites excluding steroid dienone is 1. The Bertz CT molecular complexity index is 63.5. The number of rotatable bonds is 4. The molecule has 48 valence electrons. The molecule has 0 heterocycles. The Morgan fingerprint density at radius 3 is 2.88 bits per heavy atom. The summed E-state index contributed by atoms with van der Waals surface area (Å²) in [6, 6.07) is 0. The Morgan fingerprint density at radius 1 is 1.88 bits per heavy atom. The highest BCUT2D eigenvalue weighted by atomic mass is 19.1. The van der Waals surface area contributed by atoms with E-state index in [1.165, 1.54) is 0 Å². The van der Waals surface area contributed by atoms with E-state index in [9.17, 15) is 4.39 Å². The molecule has 0 saturated carbocycles. The highest BCUT2D eigenvalue weighted by Gasteiger charge is 1.98. The number of halogens is 1. The van der Waals surface area contributed by atoms with Gasteiger partial charge in [-0.2, -0.15) is 0 Å². The van der Waals surface area contributed by atoms with E-state index in [2.05, 4.69) is 11.9 Å². The summed E-state index contributed by atoms with van der Waals surface area (Å²) in [7, 11) is 1.73. The molecule has 0 aliphatic rings. The molecule has 1 unspecified atom stereocenters. The van der Waals surface area contributed by atoms with Gasteiger partial charge in [0.05, 0.1) is 0 Å². The van der Waals surface area contributed by atoms with Crippen molar-refractivity contribution in [2.45, 2.75) is 12.6 Å². The van der Waals surface area contributed by atoms with Crippen LogP contribution in [0.15, 0.2) is 12.7 Å². The summed E-state index contributed by atoms with van der Waals surface area (Å²) in [5, 5.41) is 2.73. The van der Waals surface area contributed by atoms with Crippen molar-refractivity contribution >= 4 is 0 Å². The molecule has 0 bridgehead atoms. The fourth-order valence-corrected chi connectivity index (χ4v) is 0.486. The lowest BCUT2D eigenvalue weighted by Gasteiger charge is -2.01. The minimum absolute atomic E-state index is 0.423. The lowest BCUT2D eigenvalue weighted by Crippen LogP contribution is -2.18. The van der Waals surface area contributed by atoms with Crippen LogP contribution in [0.4, 0.5) is 4.39 Å². The average Bonchev–Trinajstić information content (AvgIpc) is 1.68. The third-order valence-electron chi connectivity index (χ3n) is 0.848. The van der Waals surface area contributed by atoms with Crippen molar-refractivity contribution in [3.8, 4) is 0 Å². The van der Waals surface area contributed by atoms with Crippen molar-refractivity contribution in [2.24, 2.45) is 0 Å². The van der Waals surface area contributed by atoms with Crippen molar-refractivity contribution in [3.63, 3.8) is 0 Å². The standard InChI is InChI=1S/C6H12FN/c1-3-4-6(7)5-8-2/h3,6,8H,1,4-5H2,2H3. The van der Waals surface area contributed by atoms with Gasteiger partial charge in [0.25, 0.3) is 0 Å². The lowest BCUT2D eigenvalue weighted by atomic mass is 10.3. The van der Waals surface area contributed by atoms with Crippen LogP contribution in [-0.4, -0.2) is 19.8 Å². The van der Waals surface area contributed by atoms with E-state index in [4.69, 9.17) is 0 Å². The van der Waals surface area contributed by atoms with Gasteiger partial charge in [0.1, 0.15) is 6.17 Å².